The number of benzene rings is 1. The average molecular weight is 331 g/mol. The van der Waals surface area contributed by atoms with Crippen LogP contribution in [0.15, 0.2) is 22.7 Å². The number of carbonyl (C=O) groups is 1. The maximum atomic E-state index is 12.3. The van der Waals surface area contributed by atoms with Crippen molar-refractivity contribution in [3.05, 3.63) is 33.8 Å². The predicted octanol–water partition coefficient (Wildman–Crippen LogP) is 4.04. The van der Waals surface area contributed by atoms with Gasteiger partial charge < -0.3 is 5.32 Å². The minimum Gasteiger partial charge on any atom is -0.345 e. The molecule has 0 atom stereocenters. The van der Waals surface area contributed by atoms with E-state index in [-0.39, 0.29) is 11.4 Å². The molecule has 0 radical (unpaired) electrons. The van der Waals surface area contributed by atoms with Crippen molar-refractivity contribution < 1.29 is 4.79 Å². The van der Waals surface area contributed by atoms with Crippen molar-refractivity contribution in [2.75, 3.05) is 5.88 Å². The van der Waals surface area contributed by atoms with Crippen LogP contribution in [0.25, 0.3) is 0 Å². The van der Waals surface area contributed by atoms with Crippen LogP contribution in [0.1, 0.15) is 41.6 Å². The fourth-order valence-electron chi connectivity index (χ4n) is 2.47. The molecular formula is C14H17BrClNO. The van der Waals surface area contributed by atoms with Crippen LogP contribution in [0, 0.1) is 6.92 Å². The summed E-state index contributed by atoms with van der Waals surface area (Å²) in [6, 6.07) is 5.72. The third kappa shape index (κ3) is 2.72. The Morgan fingerprint density at radius 2 is 2.11 bits per heavy atom. The predicted molar refractivity (Wildman–Crippen MR) is 78.3 cm³/mol. The third-order valence-corrected chi connectivity index (χ3v) is 5.20. The summed E-state index contributed by atoms with van der Waals surface area (Å²) >= 11 is 9.52. The molecule has 0 saturated heterocycles. The molecule has 2 rings (SSSR count). The first kappa shape index (κ1) is 13.9. The molecule has 4 heteroatoms. The van der Waals surface area contributed by atoms with Gasteiger partial charge in [-0.1, -0.05) is 25.0 Å². The van der Waals surface area contributed by atoms with Crippen LogP contribution in [-0.2, 0) is 0 Å². The molecule has 0 spiro atoms. The van der Waals surface area contributed by atoms with Crippen LogP contribution in [0.4, 0.5) is 0 Å². The minimum absolute atomic E-state index is 0.0341. The standard InChI is InChI=1S/C14H17BrClNO/c1-10-5-4-6-11(12(10)15)13(18)17-14(9-16)7-2-3-8-14/h4-6H,2-3,7-9H2,1H3,(H,17,18). The van der Waals surface area contributed by atoms with Gasteiger partial charge >= 0.3 is 0 Å². The van der Waals surface area contributed by atoms with E-state index in [1.807, 2.05) is 25.1 Å². The number of nitrogens with one attached hydrogen (secondary N) is 1. The van der Waals surface area contributed by atoms with Crippen LogP contribution in [0.3, 0.4) is 0 Å². The Morgan fingerprint density at radius 3 is 2.72 bits per heavy atom. The summed E-state index contributed by atoms with van der Waals surface area (Å²) in [7, 11) is 0. The fourth-order valence-corrected chi connectivity index (χ4v) is 3.25. The number of aryl methyl sites for hydroxylation is 1. The van der Waals surface area contributed by atoms with Gasteiger partial charge in [-0.2, -0.15) is 0 Å². The highest BCUT2D eigenvalue weighted by Crippen LogP contribution is 2.31. The minimum atomic E-state index is -0.207. The lowest BCUT2D eigenvalue weighted by atomic mass is 9.99. The average Bonchev–Trinajstić information content (AvgIpc) is 2.81. The van der Waals surface area contributed by atoms with Crippen LogP contribution < -0.4 is 5.32 Å². The number of halogens is 2. The van der Waals surface area contributed by atoms with Gasteiger partial charge in [-0.05, 0) is 47.3 Å². The second-order valence-corrected chi connectivity index (χ2v) is 6.07. The number of carbonyl (C=O) groups excluding carboxylic acids is 1. The van der Waals surface area contributed by atoms with Gasteiger partial charge in [-0.25, -0.2) is 0 Å². The van der Waals surface area contributed by atoms with Gasteiger partial charge in [-0.15, -0.1) is 11.6 Å². The number of rotatable bonds is 3. The van der Waals surface area contributed by atoms with Crippen molar-refractivity contribution in [3.63, 3.8) is 0 Å². The quantitative estimate of drug-likeness (QED) is 0.833. The smallest absolute Gasteiger partial charge is 0.252 e. The molecule has 1 N–H and O–H groups in total. The summed E-state index contributed by atoms with van der Waals surface area (Å²) < 4.78 is 0.866. The largest absolute Gasteiger partial charge is 0.345 e. The van der Waals surface area contributed by atoms with Crippen molar-refractivity contribution in [2.24, 2.45) is 0 Å². The van der Waals surface area contributed by atoms with Gasteiger partial charge in [0, 0.05) is 10.4 Å². The molecule has 18 heavy (non-hydrogen) atoms. The summed E-state index contributed by atoms with van der Waals surface area (Å²) in [5.74, 6) is 0.454. The van der Waals surface area contributed by atoms with Crippen molar-refractivity contribution in [1.82, 2.24) is 5.32 Å². The molecule has 98 valence electrons. The highest BCUT2D eigenvalue weighted by atomic mass is 79.9. The molecule has 1 fully saturated rings. The van der Waals surface area contributed by atoms with Crippen LogP contribution in [-0.4, -0.2) is 17.3 Å². The lowest BCUT2D eigenvalue weighted by molar-refractivity contribution is 0.0908. The van der Waals surface area contributed by atoms with Crippen molar-refractivity contribution >= 4 is 33.4 Å². The van der Waals surface area contributed by atoms with E-state index < -0.39 is 0 Å². The molecule has 1 aromatic carbocycles. The number of amides is 1. The van der Waals surface area contributed by atoms with E-state index in [9.17, 15) is 4.79 Å². The summed E-state index contributed by atoms with van der Waals surface area (Å²) in [6.45, 7) is 1.98. The Bertz CT molecular complexity index is 455. The maximum Gasteiger partial charge on any atom is 0.252 e. The first-order valence-corrected chi connectivity index (χ1v) is 7.54. The molecule has 1 saturated carbocycles. The third-order valence-electron chi connectivity index (χ3n) is 3.63. The number of hydrogen-bond acceptors (Lipinski definition) is 1. The first-order chi connectivity index (χ1) is 8.58. The second kappa shape index (κ2) is 5.62. The summed E-state index contributed by atoms with van der Waals surface area (Å²) in [5.41, 5.74) is 1.54. The number of alkyl halides is 1. The summed E-state index contributed by atoms with van der Waals surface area (Å²) in [4.78, 5) is 12.3. The number of hydrogen-bond donors (Lipinski definition) is 1. The maximum absolute atomic E-state index is 12.3. The van der Waals surface area contributed by atoms with Gasteiger partial charge in [0.1, 0.15) is 0 Å². The molecule has 0 unspecified atom stereocenters. The highest BCUT2D eigenvalue weighted by Gasteiger charge is 2.34. The molecule has 0 aliphatic heterocycles. The SMILES string of the molecule is Cc1cccc(C(=O)NC2(CCl)CCCC2)c1Br. The van der Waals surface area contributed by atoms with Crippen LogP contribution in [0.2, 0.25) is 0 Å². The van der Waals surface area contributed by atoms with E-state index in [1.54, 1.807) is 0 Å². The molecule has 0 heterocycles. The Kier molecular flexibility index (Phi) is 4.33. The Morgan fingerprint density at radius 1 is 1.44 bits per heavy atom. The molecule has 1 amide bonds. The van der Waals surface area contributed by atoms with E-state index in [1.165, 1.54) is 0 Å². The zero-order chi connectivity index (χ0) is 13.2. The monoisotopic (exact) mass is 329 g/mol. The van der Waals surface area contributed by atoms with Gasteiger partial charge in [0.25, 0.3) is 5.91 Å². The van der Waals surface area contributed by atoms with E-state index in [2.05, 4.69) is 21.2 Å². The van der Waals surface area contributed by atoms with Crippen LogP contribution >= 0.6 is 27.5 Å². The van der Waals surface area contributed by atoms with Crippen molar-refractivity contribution in [3.8, 4) is 0 Å². The highest BCUT2D eigenvalue weighted by molar-refractivity contribution is 9.10. The fraction of sp³-hybridized carbons (Fsp3) is 0.500. The van der Waals surface area contributed by atoms with E-state index in [4.69, 9.17) is 11.6 Å². The Balaban J connectivity index is 2.19. The molecule has 2 nitrogen and oxygen atoms in total. The molecule has 1 aliphatic carbocycles. The topological polar surface area (TPSA) is 29.1 Å². The summed E-state index contributed by atoms with van der Waals surface area (Å²) in [6.07, 6.45) is 4.24. The molecule has 1 aromatic rings. The van der Waals surface area contributed by atoms with E-state index >= 15 is 0 Å². The van der Waals surface area contributed by atoms with Gasteiger partial charge in [0.15, 0.2) is 0 Å². The zero-order valence-corrected chi connectivity index (χ0v) is 12.8. The Labute approximate surface area is 121 Å². The van der Waals surface area contributed by atoms with Crippen LogP contribution in [0.5, 0.6) is 0 Å². The first-order valence-electron chi connectivity index (χ1n) is 6.22. The summed E-state index contributed by atoms with van der Waals surface area (Å²) in [5, 5.41) is 3.13. The van der Waals surface area contributed by atoms with Crippen molar-refractivity contribution in [1.29, 1.82) is 0 Å². The van der Waals surface area contributed by atoms with Gasteiger partial charge in [0.2, 0.25) is 0 Å². The lowest BCUT2D eigenvalue weighted by Gasteiger charge is -2.28. The van der Waals surface area contributed by atoms with Gasteiger partial charge in [0.05, 0.1) is 11.1 Å². The van der Waals surface area contributed by atoms with Crippen molar-refractivity contribution in [2.45, 2.75) is 38.1 Å². The Hall–Kier alpha value is -0.540. The van der Waals surface area contributed by atoms with E-state index in [0.29, 0.717) is 11.4 Å². The van der Waals surface area contributed by atoms with E-state index in [0.717, 1.165) is 35.7 Å². The molecule has 1 aliphatic rings. The molecule has 0 aromatic heterocycles. The molecular weight excluding hydrogens is 314 g/mol. The normalized spacial score (nSPS) is 17.7. The molecule has 0 bridgehead atoms. The van der Waals surface area contributed by atoms with Gasteiger partial charge in [-0.3, -0.25) is 4.79 Å². The second-order valence-electron chi connectivity index (χ2n) is 5.01. The zero-order valence-electron chi connectivity index (χ0n) is 10.4. The lowest BCUT2D eigenvalue weighted by Crippen LogP contribution is -2.48.